The number of carbonyl (C=O) groups is 6. The van der Waals surface area contributed by atoms with Gasteiger partial charge in [0.15, 0.2) is 35.5 Å². The van der Waals surface area contributed by atoms with Crippen LogP contribution < -0.4 is 39.4 Å². The van der Waals surface area contributed by atoms with Crippen LogP contribution in [0, 0.1) is 6.92 Å². The van der Waals surface area contributed by atoms with Gasteiger partial charge in [0.25, 0.3) is 11.8 Å². The zero-order chi connectivity index (χ0) is 76.0. The number of unbranched alkanes of at least 4 members (excludes halogenated alkanes) is 2. The summed E-state index contributed by atoms with van der Waals surface area (Å²) in [6, 6.07) is 12.8. The Morgan fingerprint density at radius 3 is 1.64 bits per heavy atom. The predicted octanol–water partition coefficient (Wildman–Crippen LogP) is 3.42. The standard InChI is InChI=1S/C74H95N5O27/c1-40-27-51-70(91)78(73(93)101-38-43-13-16-56(104-58-18-15-55(83)63(84)64(58)85)47(30-43)54(82)12-10-20-97-23-24-98-25-26-103-75)49-33-59(42(3)29-45(49)68(89)76(51)35-40)99-21-7-6-8-22-100-61-34-50-46(32-60(61)96-5)69(90)77-36-41(2)28-52(77)71(92)79(50)74(94)102-39-44-14-17-57(48(31-44)53(81)11-9-19-95-4)105-72-67(88)66(87)65(86)62(37-80)106-72/h13-14,16-17,29-34,51-52,55,58,62-67,70-72,80,83-88,91-92H,1-2,6-12,15,18-28,35-39,75H2,3-5H3/t51-,52-,55+,58+,62+,63-,64-,65+,66-,67+,70?,71?,72+/m0/s1. The van der Waals surface area contributed by atoms with Gasteiger partial charge in [0.05, 0.1) is 105 Å². The van der Waals surface area contributed by atoms with Crippen molar-refractivity contribution in [1.29, 1.82) is 0 Å². The van der Waals surface area contributed by atoms with E-state index in [-0.39, 0.29) is 172 Å². The first-order chi connectivity index (χ1) is 51.0. The van der Waals surface area contributed by atoms with Crippen molar-refractivity contribution in [2.75, 3.05) is 96.6 Å². The first kappa shape index (κ1) is 80.1. The van der Waals surface area contributed by atoms with Gasteiger partial charge in [-0.1, -0.05) is 36.4 Å². The highest BCUT2D eigenvalue weighted by Crippen LogP contribution is 2.44. The Balaban J connectivity index is 0.802. The van der Waals surface area contributed by atoms with Gasteiger partial charge in [0, 0.05) is 58.4 Å². The van der Waals surface area contributed by atoms with Crippen LogP contribution in [0.5, 0.6) is 28.7 Å². The van der Waals surface area contributed by atoms with E-state index in [0.29, 0.717) is 60.1 Å². The second kappa shape index (κ2) is 36.9. The number of aryl methyl sites for hydroxylation is 1. The molecular formula is C74H95N5O27. The topological polar surface area (TPSA) is 434 Å². The van der Waals surface area contributed by atoms with Crippen molar-refractivity contribution < 1.29 is 132 Å². The molecule has 6 aliphatic rings. The number of ketones is 2. The third-order valence-electron chi connectivity index (χ3n) is 19.4. The number of rotatable bonds is 34. The number of methoxy groups -OCH3 is 2. The van der Waals surface area contributed by atoms with Crippen molar-refractivity contribution in [1.82, 2.24) is 9.80 Å². The van der Waals surface area contributed by atoms with Crippen LogP contribution in [0.2, 0.25) is 0 Å². The van der Waals surface area contributed by atoms with E-state index in [1.807, 2.05) is 0 Å². The van der Waals surface area contributed by atoms with E-state index < -0.39 is 129 Å². The highest BCUT2D eigenvalue weighted by Gasteiger charge is 2.50. The Labute approximate surface area is 611 Å². The number of ether oxygens (including phenoxy) is 11. The molecule has 4 aromatic rings. The summed E-state index contributed by atoms with van der Waals surface area (Å²) in [6.45, 7) is 10.2. The maximum atomic E-state index is 14.6. The van der Waals surface area contributed by atoms with Gasteiger partial charge >= 0.3 is 12.2 Å². The Kier molecular flexibility index (Phi) is 27.9. The molecule has 106 heavy (non-hydrogen) atoms. The second-order valence-electron chi connectivity index (χ2n) is 26.9. The number of benzene rings is 4. The Morgan fingerprint density at radius 2 is 1.08 bits per heavy atom. The number of fused-ring (bicyclic) bond motifs is 4. The summed E-state index contributed by atoms with van der Waals surface area (Å²) < 4.78 is 63.8. The number of hydrogen-bond donors (Lipinski definition) is 10. The molecule has 4 aromatic carbocycles. The summed E-state index contributed by atoms with van der Waals surface area (Å²) in [4.78, 5) is 95.0. The fraction of sp³-hybridized carbons (Fsp3) is 0.541. The lowest BCUT2D eigenvalue weighted by Gasteiger charge is -2.39. The lowest BCUT2D eigenvalue weighted by Crippen LogP contribution is -2.60. The average molecular weight is 1490 g/mol. The van der Waals surface area contributed by atoms with E-state index in [4.69, 9.17) is 58.0 Å². The molecule has 0 aromatic heterocycles. The normalized spacial score (nSPS) is 24.9. The third-order valence-corrected chi connectivity index (χ3v) is 19.4. The van der Waals surface area contributed by atoms with Gasteiger partial charge < -0.3 is 113 Å². The van der Waals surface area contributed by atoms with E-state index in [1.165, 1.54) is 72.6 Å². The minimum atomic E-state index is -1.79. The largest absolute Gasteiger partial charge is 0.493 e. The molecule has 13 atom stereocenters. The number of anilines is 2. The molecule has 0 spiro atoms. The molecule has 4 fully saturated rings. The Hall–Kier alpha value is -8.42. The molecule has 4 amide bonds. The smallest absolute Gasteiger partial charge is 0.416 e. The van der Waals surface area contributed by atoms with Crippen LogP contribution in [0.3, 0.4) is 0 Å². The van der Waals surface area contributed by atoms with Crippen LogP contribution in [-0.2, 0) is 46.5 Å². The molecule has 5 heterocycles. The second-order valence-corrected chi connectivity index (χ2v) is 26.9. The molecule has 32 heteroatoms. The molecule has 1 saturated carbocycles. The number of aliphatic hydroxyl groups excluding tert-OH is 9. The molecule has 1 aliphatic carbocycles. The number of nitrogens with two attached hydrogens (primary N) is 1. The number of Topliss-reactive ketones (excluding diaryl/α,β-unsaturated/α-hetero) is 2. The van der Waals surface area contributed by atoms with Crippen molar-refractivity contribution >= 4 is 46.9 Å². The summed E-state index contributed by atoms with van der Waals surface area (Å²) >= 11 is 0. The molecule has 32 nitrogen and oxygen atoms in total. The van der Waals surface area contributed by atoms with E-state index in [9.17, 15) is 74.7 Å². The van der Waals surface area contributed by atoms with Gasteiger partial charge in [-0.05, 0) is 118 Å². The van der Waals surface area contributed by atoms with Crippen molar-refractivity contribution in [3.63, 3.8) is 0 Å². The van der Waals surface area contributed by atoms with Gasteiger partial charge in [-0.25, -0.2) is 25.3 Å². The third kappa shape index (κ3) is 18.6. The summed E-state index contributed by atoms with van der Waals surface area (Å²) in [6.07, 6.45) is -15.9. The van der Waals surface area contributed by atoms with E-state index in [0.717, 1.165) is 9.80 Å². The highest BCUT2D eigenvalue weighted by atomic mass is 16.7. The van der Waals surface area contributed by atoms with Gasteiger partial charge in [-0.15, -0.1) is 0 Å². The SMILES string of the molecule is C=C1C[C@H]2C(O)N(C(=O)OCc3ccc(O[C@@H]4CC[C@@H](O)[C@H](O)[C@H]4O)c(C(=O)CCCOCCOCCON)c3)c3cc(OCCCCCOc4cc5c(cc4OC)C(=O)N4CC(=C)C[C@H]4C(O)N5C(=O)OCc4ccc(O[C@@H]5O[C@H](CO)[C@@H](O)[C@H](O)[C@H]5O)c(C(=O)CCCOC)c4)c(C)cc3C(=O)N2C1. The average Bonchev–Trinajstić information content (AvgIpc) is 1.59. The van der Waals surface area contributed by atoms with Crippen LogP contribution in [0.1, 0.15) is 129 Å². The van der Waals surface area contributed by atoms with Crippen molar-refractivity contribution in [2.45, 2.75) is 170 Å². The Bertz CT molecular complexity index is 3800. The first-order valence-corrected chi connectivity index (χ1v) is 35.3. The summed E-state index contributed by atoms with van der Waals surface area (Å²) in [5.74, 6) is 3.78. The van der Waals surface area contributed by atoms with Crippen LogP contribution in [0.15, 0.2) is 85.0 Å². The number of amides is 4. The zero-order valence-corrected chi connectivity index (χ0v) is 59.4. The highest BCUT2D eigenvalue weighted by molar-refractivity contribution is 6.07. The Morgan fingerprint density at radius 1 is 0.557 bits per heavy atom. The predicted molar refractivity (Wildman–Crippen MR) is 373 cm³/mol. The van der Waals surface area contributed by atoms with Crippen LogP contribution >= 0.6 is 0 Å². The molecule has 2 unspecified atom stereocenters. The minimum Gasteiger partial charge on any atom is -0.493 e. The summed E-state index contributed by atoms with van der Waals surface area (Å²) in [7, 11) is 2.85. The fourth-order valence-electron chi connectivity index (χ4n) is 13.6. The van der Waals surface area contributed by atoms with Gasteiger partial charge in [-0.3, -0.25) is 19.2 Å². The van der Waals surface area contributed by atoms with Crippen LogP contribution in [-0.4, -0.2) is 258 Å². The summed E-state index contributed by atoms with van der Waals surface area (Å²) in [5, 5.41) is 97.0. The zero-order valence-electron chi connectivity index (χ0n) is 59.4. The lowest BCUT2D eigenvalue weighted by atomic mass is 9.89. The molecule has 0 radical (unpaired) electrons. The van der Waals surface area contributed by atoms with E-state index in [1.54, 1.807) is 19.1 Å². The minimum absolute atomic E-state index is 0.00283. The number of aliphatic hydroxyl groups is 9. The number of hydrogen-bond acceptors (Lipinski definition) is 28. The molecule has 0 bridgehead atoms. The lowest BCUT2D eigenvalue weighted by molar-refractivity contribution is -0.277. The number of nitrogens with zero attached hydrogens (tertiary/aromatic N) is 4. The number of carbonyl (C=O) groups excluding carboxylic acids is 6. The fourth-order valence-corrected chi connectivity index (χ4v) is 13.6. The molecule has 10 rings (SSSR count). The molecule has 578 valence electrons. The van der Waals surface area contributed by atoms with E-state index in [2.05, 4.69) is 18.0 Å². The quantitative estimate of drug-likeness (QED) is 0.0139. The van der Waals surface area contributed by atoms with Gasteiger partial charge in [0.2, 0.25) is 6.29 Å². The first-order valence-electron chi connectivity index (χ1n) is 35.3. The van der Waals surface area contributed by atoms with Crippen LogP contribution in [0.25, 0.3) is 0 Å². The molecular weight excluding hydrogens is 1390 g/mol. The van der Waals surface area contributed by atoms with Gasteiger partial charge in [0.1, 0.15) is 73.2 Å². The molecule has 11 N–H and O–H groups in total. The van der Waals surface area contributed by atoms with Crippen molar-refractivity contribution in [2.24, 2.45) is 5.90 Å². The van der Waals surface area contributed by atoms with E-state index >= 15 is 0 Å². The van der Waals surface area contributed by atoms with Crippen molar-refractivity contribution in [3.05, 3.63) is 124 Å². The summed E-state index contributed by atoms with van der Waals surface area (Å²) in [5.41, 5.74) is 2.55. The molecule has 3 saturated heterocycles. The maximum absolute atomic E-state index is 14.6. The molecule has 5 aliphatic heterocycles. The monoisotopic (exact) mass is 1490 g/mol. The van der Waals surface area contributed by atoms with Gasteiger partial charge in [-0.2, -0.15) is 0 Å². The van der Waals surface area contributed by atoms with Crippen molar-refractivity contribution in [3.8, 4) is 28.7 Å². The van der Waals surface area contributed by atoms with Crippen LogP contribution in [0.4, 0.5) is 21.0 Å². The maximum Gasteiger partial charge on any atom is 0.416 e.